The van der Waals surface area contributed by atoms with Crippen LogP contribution in [-0.4, -0.2) is 18.4 Å². The minimum atomic E-state index is -0.470. The number of nitrogens with zero attached hydrogens (tertiary/aromatic N) is 1. The molecule has 1 N–H and O–H groups in total. The lowest BCUT2D eigenvalue weighted by Crippen LogP contribution is -2.32. The van der Waals surface area contributed by atoms with Gasteiger partial charge in [-0.05, 0) is 73.4 Å². The van der Waals surface area contributed by atoms with Crippen LogP contribution >= 0.6 is 0 Å². The summed E-state index contributed by atoms with van der Waals surface area (Å²) in [6.45, 7) is 6.49. The van der Waals surface area contributed by atoms with Gasteiger partial charge in [0.15, 0.2) is 0 Å². The van der Waals surface area contributed by atoms with Gasteiger partial charge in [-0.3, -0.25) is 9.59 Å². The Bertz CT molecular complexity index is 1250. The summed E-state index contributed by atoms with van der Waals surface area (Å²) in [6, 6.07) is 18.2. The van der Waals surface area contributed by atoms with Gasteiger partial charge in [0.05, 0.1) is 17.9 Å². The highest BCUT2D eigenvalue weighted by atomic mass is 19.1. The van der Waals surface area contributed by atoms with Crippen molar-refractivity contribution in [3.63, 3.8) is 0 Å². The zero-order chi connectivity index (χ0) is 23.5. The molecule has 0 radical (unpaired) electrons. The number of imide groups is 1. The summed E-state index contributed by atoms with van der Waals surface area (Å²) in [5.74, 6) is -0.691. The van der Waals surface area contributed by atoms with Crippen LogP contribution in [0, 0.1) is 19.7 Å². The Morgan fingerprint density at radius 3 is 2.36 bits per heavy atom. The summed E-state index contributed by atoms with van der Waals surface area (Å²) < 4.78 is 19.2. The number of aryl methyl sites for hydroxylation is 2. The van der Waals surface area contributed by atoms with Gasteiger partial charge in [-0.2, -0.15) is 0 Å². The zero-order valence-electron chi connectivity index (χ0n) is 18.8. The number of rotatable bonds is 7. The van der Waals surface area contributed by atoms with Crippen molar-refractivity contribution in [3.05, 3.63) is 94.9 Å². The Hall–Kier alpha value is -3.93. The molecule has 1 heterocycles. The smallest absolute Gasteiger partial charge is 0.282 e. The van der Waals surface area contributed by atoms with Crippen molar-refractivity contribution < 1.29 is 18.7 Å². The maximum atomic E-state index is 13.6. The minimum Gasteiger partial charge on any atom is -0.494 e. The first-order valence-electron chi connectivity index (χ1n) is 10.8. The van der Waals surface area contributed by atoms with E-state index in [1.807, 2.05) is 45.0 Å². The first kappa shape index (κ1) is 22.3. The third-order valence-electron chi connectivity index (χ3n) is 5.54. The molecular formula is C27H25FN2O3. The maximum Gasteiger partial charge on any atom is 0.282 e. The van der Waals surface area contributed by atoms with Crippen LogP contribution in [0.25, 0.3) is 5.57 Å². The van der Waals surface area contributed by atoms with Crippen molar-refractivity contribution >= 4 is 28.8 Å². The van der Waals surface area contributed by atoms with E-state index >= 15 is 0 Å². The molecule has 168 valence electrons. The van der Waals surface area contributed by atoms with Gasteiger partial charge >= 0.3 is 0 Å². The molecule has 0 saturated heterocycles. The third-order valence-corrected chi connectivity index (χ3v) is 5.54. The molecule has 0 saturated carbocycles. The Kier molecular flexibility index (Phi) is 6.27. The van der Waals surface area contributed by atoms with E-state index in [9.17, 15) is 14.0 Å². The number of benzene rings is 3. The summed E-state index contributed by atoms with van der Waals surface area (Å²) >= 11 is 0. The van der Waals surface area contributed by atoms with Crippen molar-refractivity contribution in [2.75, 3.05) is 16.8 Å². The number of hydrogen-bond acceptors (Lipinski definition) is 4. The van der Waals surface area contributed by atoms with Gasteiger partial charge in [0, 0.05) is 11.8 Å². The average molecular weight is 445 g/mol. The van der Waals surface area contributed by atoms with Gasteiger partial charge < -0.3 is 10.1 Å². The quantitative estimate of drug-likeness (QED) is 0.480. The van der Waals surface area contributed by atoms with Gasteiger partial charge in [-0.1, -0.05) is 31.2 Å². The standard InChI is InChI=1S/C27H25FN2O3/c1-4-14-33-23-7-5-6-21(16-23)29-25-24(19-9-11-20(28)12-10-19)26(31)30(27(25)32)22-13-8-17(2)18(3)15-22/h5-13,15-16,29H,4,14H2,1-3H3. The fraction of sp³-hybridized carbons (Fsp3) is 0.185. The first-order chi connectivity index (χ1) is 15.9. The molecule has 33 heavy (non-hydrogen) atoms. The number of anilines is 2. The van der Waals surface area contributed by atoms with Crippen molar-refractivity contribution in [3.8, 4) is 5.75 Å². The van der Waals surface area contributed by atoms with Gasteiger partial charge in [0.25, 0.3) is 11.8 Å². The fourth-order valence-electron chi connectivity index (χ4n) is 3.66. The molecule has 3 aromatic carbocycles. The number of carbonyl (C=O) groups is 2. The lowest BCUT2D eigenvalue weighted by atomic mass is 10.0. The molecule has 0 unspecified atom stereocenters. The van der Waals surface area contributed by atoms with Crippen LogP contribution in [0.15, 0.2) is 72.4 Å². The highest BCUT2D eigenvalue weighted by Crippen LogP contribution is 2.35. The van der Waals surface area contributed by atoms with Gasteiger partial charge in [0.1, 0.15) is 17.3 Å². The lowest BCUT2D eigenvalue weighted by Gasteiger charge is -2.17. The minimum absolute atomic E-state index is 0.137. The summed E-state index contributed by atoms with van der Waals surface area (Å²) in [6.07, 6.45) is 0.870. The zero-order valence-corrected chi connectivity index (χ0v) is 18.8. The second kappa shape index (κ2) is 9.28. The number of halogens is 1. The Balaban J connectivity index is 1.77. The summed E-state index contributed by atoms with van der Waals surface area (Å²) in [7, 11) is 0. The third kappa shape index (κ3) is 4.51. The van der Waals surface area contributed by atoms with Crippen molar-refractivity contribution in [2.45, 2.75) is 27.2 Å². The van der Waals surface area contributed by atoms with Crippen molar-refractivity contribution in [2.24, 2.45) is 0 Å². The molecule has 1 aliphatic rings. The van der Waals surface area contributed by atoms with E-state index in [0.717, 1.165) is 22.4 Å². The number of hydrogen-bond donors (Lipinski definition) is 1. The second-order valence-corrected chi connectivity index (χ2v) is 7.97. The number of ether oxygens (including phenoxy) is 1. The molecule has 0 bridgehead atoms. The summed E-state index contributed by atoms with van der Waals surface area (Å²) in [4.78, 5) is 28.2. The van der Waals surface area contributed by atoms with E-state index in [0.29, 0.717) is 29.3 Å². The van der Waals surface area contributed by atoms with E-state index in [-0.39, 0.29) is 11.3 Å². The average Bonchev–Trinajstić information content (AvgIpc) is 3.04. The van der Waals surface area contributed by atoms with Gasteiger partial charge in [-0.15, -0.1) is 0 Å². The van der Waals surface area contributed by atoms with Crippen LogP contribution in [0.4, 0.5) is 15.8 Å². The largest absolute Gasteiger partial charge is 0.494 e. The maximum absolute atomic E-state index is 13.6. The van der Waals surface area contributed by atoms with Crippen LogP contribution < -0.4 is 15.0 Å². The highest BCUT2D eigenvalue weighted by Gasteiger charge is 2.40. The van der Waals surface area contributed by atoms with Crippen LogP contribution in [0.3, 0.4) is 0 Å². The molecule has 0 spiro atoms. The molecule has 4 rings (SSSR count). The van der Waals surface area contributed by atoms with E-state index in [2.05, 4.69) is 5.32 Å². The molecule has 3 aromatic rings. The SMILES string of the molecule is CCCOc1cccc(NC2=C(c3ccc(F)cc3)C(=O)N(c3ccc(C)c(C)c3)C2=O)c1. The molecular weight excluding hydrogens is 419 g/mol. The molecule has 2 amide bonds. The fourth-order valence-corrected chi connectivity index (χ4v) is 3.66. The molecule has 1 aliphatic heterocycles. The summed E-state index contributed by atoms with van der Waals surface area (Å²) in [5, 5.41) is 3.12. The van der Waals surface area contributed by atoms with Crippen LogP contribution in [0.1, 0.15) is 30.0 Å². The van der Waals surface area contributed by atoms with Crippen LogP contribution in [0.2, 0.25) is 0 Å². The normalized spacial score (nSPS) is 13.6. The number of carbonyl (C=O) groups excluding carboxylic acids is 2. The Morgan fingerprint density at radius 1 is 0.909 bits per heavy atom. The highest BCUT2D eigenvalue weighted by molar-refractivity contribution is 6.46. The predicted octanol–water partition coefficient (Wildman–Crippen LogP) is 5.63. The lowest BCUT2D eigenvalue weighted by molar-refractivity contribution is -0.120. The van der Waals surface area contributed by atoms with Gasteiger partial charge in [-0.25, -0.2) is 9.29 Å². The molecule has 0 aromatic heterocycles. The Labute approximate surface area is 192 Å². The first-order valence-corrected chi connectivity index (χ1v) is 10.8. The van der Waals surface area contributed by atoms with Crippen LogP contribution in [0.5, 0.6) is 5.75 Å². The molecule has 0 aliphatic carbocycles. The van der Waals surface area contributed by atoms with Gasteiger partial charge in [0.2, 0.25) is 0 Å². The molecule has 6 heteroatoms. The van der Waals surface area contributed by atoms with Crippen LogP contribution in [-0.2, 0) is 9.59 Å². The van der Waals surface area contributed by atoms with E-state index in [4.69, 9.17) is 4.74 Å². The Morgan fingerprint density at radius 2 is 1.67 bits per heavy atom. The van der Waals surface area contributed by atoms with Crippen molar-refractivity contribution in [1.29, 1.82) is 0 Å². The van der Waals surface area contributed by atoms with E-state index in [1.165, 1.54) is 24.3 Å². The molecule has 0 fully saturated rings. The van der Waals surface area contributed by atoms with Crippen molar-refractivity contribution in [1.82, 2.24) is 0 Å². The molecule has 5 nitrogen and oxygen atoms in total. The molecule has 0 atom stereocenters. The topological polar surface area (TPSA) is 58.6 Å². The predicted molar refractivity (Wildman–Crippen MR) is 128 cm³/mol. The number of nitrogens with one attached hydrogen (secondary N) is 1. The summed E-state index contributed by atoms with van der Waals surface area (Å²) in [5.41, 5.74) is 3.92. The monoisotopic (exact) mass is 444 g/mol. The second-order valence-electron chi connectivity index (χ2n) is 7.97. The van der Waals surface area contributed by atoms with E-state index in [1.54, 1.807) is 18.2 Å². The number of amides is 2. The van der Waals surface area contributed by atoms with E-state index < -0.39 is 17.6 Å².